The fourth-order valence-electron chi connectivity index (χ4n) is 3.82. The molecule has 0 aliphatic heterocycles. The van der Waals surface area contributed by atoms with Crippen molar-refractivity contribution in [3.63, 3.8) is 0 Å². The topological polar surface area (TPSA) is 73.2 Å². The average Bonchev–Trinajstić information content (AvgIpc) is 3.37. The first-order chi connectivity index (χ1) is 14.2. The van der Waals surface area contributed by atoms with Crippen molar-refractivity contribution in [3.05, 3.63) is 83.2 Å². The fraction of sp³-hybridized carbons (Fsp3) is 0.261. The van der Waals surface area contributed by atoms with Crippen LogP contribution in [0.25, 0.3) is 5.69 Å². The van der Waals surface area contributed by atoms with Crippen LogP contribution in [0.2, 0.25) is 0 Å². The second-order valence-electron chi connectivity index (χ2n) is 7.09. The van der Waals surface area contributed by atoms with E-state index in [-0.39, 0.29) is 18.3 Å². The van der Waals surface area contributed by atoms with Crippen LogP contribution >= 0.6 is 0 Å². The number of para-hydroxylation sites is 1. The molecule has 29 heavy (non-hydrogen) atoms. The highest BCUT2D eigenvalue weighted by Gasteiger charge is 2.29. The number of methoxy groups -OCH3 is 1. The molecule has 1 amide bonds. The van der Waals surface area contributed by atoms with Crippen LogP contribution in [0.15, 0.2) is 60.7 Å². The first-order valence-electron chi connectivity index (χ1n) is 9.76. The molecular weight excluding hydrogens is 366 g/mol. The summed E-state index contributed by atoms with van der Waals surface area (Å²) in [6.07, 6.45) is 2.80. The first kappa shape index (κ1) is 18.9. The van der Waals surface area contributed by atoms with Gasteiger partial charge in [0, 0.05) is 11.3 Å². The zero-order valence-corrected chi connectivity index (χ0v) is 16.3. The van der Waals surface area contributed by atoms with Crippen molar-refractivity contribution in [1.82, 2.24) is 15.1 Å². The number of fused-ring (bicyclic) bond motifs is 1. The van der Waals surface area contributed by atoms with Crippen molar-refractivity contribution in [2.24, 2.45) is 0 Å². The van der Waals surface area contributed by atoms with Gasteiger partial charge >= 0.3 is 5.97 Å². The molecule has 2 aromatic carbocycles. The van der Waals surface area contributed by atoms with E-state index in [0.717, 1.165) is 41.8 Å². The molecule has 1 aromatic heterocycles. The van der Waals surface area contributed by atoms with Gasteiger partial charge in [0.25, 0.3) is 5.91 Å². The van der Waals surface area contributed by atoms with Crippen LogP contribution in [0, 0.1) is 0 Å². The number of ether oxygens (including phenoxy) is 1. The minimum Gasteiger partial charge on any atom is -0.469 e. The molecule has 1 atom stereocenters. The van der Waals surface area contributed by atoms with Gasteiger partial charge in [-0.05, 0) is 37.0 Å². The van der Waals surface area contributed by atoms with Gasteiger partial charge in [-0.15, -0.1) is 0 Å². The van der Waals surface area contributed by atoms with E-state index >= 15 is 0 Å². The molecule has 3 aromatic rings. The quantitative estimate of drug-likeness (QED) is 0.656. The molecule has 0 saturated carbocycles. The van der Waals surface area contributed by atoms with E-state index in [0.29, 0.717) is 5.69 Å². The van der Waals surface area contributed by atoms with Crippen LogP contribution in [-0.2, 0) is 22.4 Å². The summed E-state index contributed by atoms with van der Waals surface area (Å²) in [5, 5.41) is 7.63. The third-order valence-corrected chi connectivity index (χ3v) is 5.25. The molecule has 6 nitrogen and oxygen atoms in total. The standard InChI is InChI=1S/C23H23N3O3/c1-29-21(27)15-19(16-9-4-2-5-10-16)24-23(28)22-18-13-8-14-20(18)26(25-22)17-11-6-3-7-12-17/h2-7,9-12,19H,8,13-15H2,1H3,(H,24,28)/t19-/m1/s1. The smallest absolute Gasteiger partial charge is 0.307 e. The van der Waals surface area contributed by atoms with Crippen molar-refractivity contribution in [2.75, 3.05) is 7.11 Å². The molecule has 0 radical (unpaired) electrons. The van der Waals surface area contributed by atoms with Gasteiger partial charge in [-0.3, -0.25) is 9.59 Å². The maximum Gasteiger partial charge on any atom is 0.307 e. The van der Waals surface area contributed by atoms with Gasteiger partial charge in [0.05, 0.1) is 25.3 Å². The Labute approximate surface area is 169 Å². The number of nitrogens with zero attached hydrogens (tertiary/aromatic N) is 2. The Balaban J connectivity index is 1.64. The lowest BCUT2D eigenvalue weighted by Gasteiger charge is -2.18. The van der Waals surface area contributed by atoms with E-state index in [9.17, 15) is 9.59 Å². The molecule has 148 valence electrons. The number of hydrogen-bond donors (Lipinski definition) is 1. The molecule has 1 N–H and O–H groups in total. The number of hydrogen-bond acceptors (Lipinski definition) is 4. The minimum atomic E-state index is -0.477. The van der Waals surface area contributed by atoms with Crippen molar-refractivity contribution in [3.8, 4) is 5.69 Å². The number of benzene rings is 2. The lowest BCUT2D eigenvalue weighted by Crippen LogP contribution is -2.31. The molecule has 0 unspecified atom stereocenters. The van der Waals surface area contributed by atoms with Crippen molar-refractivity contribution < 1.29 is 14.3 Å². The molecule has 4 rings (SSSR count). The third kappa shape index (κ3) is 3.92. The first-order valence-corrected chi connectivity index (χ1v) is 9.76. The highest BCUT2D eigenvalue weighted by molar-refractivity contribution is 5.95. The van der Waals surface area contributed by atoms with Gasteiger partial charge in [0.1, 0.15) is 0 Å². The predicted molar refractivity (Wildman–Crippen MR) is 109 cm³/mol. The number of rotatable bonds is 6. The number of carbonyl (C=O) groups is 2. The molecule has 1 aliphatic rings. The van der Waals surface area contributed by atoms with E-state index in [1.807, 2.05) is 65.3 Å². The number of esters is 1. The number of amides is 1. The third-order valence-electron chi connectivity index (χ3n) is 5.25. The second-order valence-corrected chi connectivity index (χ2v) is 7.09. The predicted octanol–water partition coefficient (Wildman–Crippen LogP) is 3.40. The SMILES string of the molecule is COC(=O)C[C@@H](NC(=O)c1nn(-c2ccccc2)c2c1CCC2)c1ccccc1. The van der Waals surface area contributed by atoms with Gasteiger partial charge in [-0.25, -0.2) is 4.68 Å². The Morgan fingerprint density at radius 3 is 2.45 bits per heavy atom. The van der Waals surface area contributed by atoms with E-state index in [2.05, 4.69) is 10.4 Å². The molecule has 1 heterocycles. The zero-order valence-electron chi connectivity index (χ0n) is 16.3. The maximum absolute atomic E-state index is 13.2. The van der Waals surface area contributed by atoms with Crippen LogP contribution in [0.5, 0.6) is 0 Å². The van der Waals surface area contributed by atoms with Gasteiger partial charge in [-0.1, -0.05) is 48.5 Å². The summed E-state index contributed by atoms with van der Waals surface area (Å²) >= 11 is 0. The molecule has 0 bridgehead atoms. The Bertz CT molecular complexity index is 1010. The number of carbonyl (C=O) groups excluding carboxylic acids is 2. The molecular formula is C23H23N3O3. The van der Waals surface area contributed by atoms with Gasteiger partial charge in [0.15, 0.2) is 5.69 Å². The Kier molecular flexibility index (Phi) is 5.42. The van der Waals surface area contributed by atoms with E-state index < -0.39 is 6.04 Å². The van der Waals surface area contributed by atoms with E-state index in [1.54, 1.807) is 0 Å². The van der Waals surface area contributed by atoms with Crippen LogP contribution in [0.3, 0.4) is 0 Å². The van der Waals surface area contributed by atoms with Gasteiger partial charge in [-0.2, -0.15) is 5.10 Å². The van der Waals surface area contributed by atoms with Crippen molar-refractivity contribution in [2.45, 2.75) is 31.7 Å². The van der Waals surface area contributed by atoms with Crippen LogP contribution in [0.4, 0.5) is 0 Å². The summed E-state index contributed by atoms with van der Waals surface area (Å²) in [7, 11) is 1.35. The molecule has 1 aliphatic carbocycles. The minimum absolute atomic E-state index is 0.0633. The van der Waals surface area contributed by atoms with Gasteiger partial charge in [0.2, 0.25) is 0 Å². The van der Waals surface area contributed by atoms with E-state index in [4.69, 9.17) is 4.74 Å². The zero-order chi connectivity index (χ0) is 20.2. The Morgan fingerprint density at radius 2 is 1.76 bits per heavy atom. The van der Waals surface area contributed by atoms with Crippen molar-refractivity contribution >= 4 is 11.9 Å². The summed E-state index contributed by atoms with van der Waals surface area (Å²) in [5.74, 6) is -0.644. The van der Waals surface area contributed by atoms with Crippen LogP contribution in [-0.4, -0.2) is 28.8 Å². The monoisotopic (exact) mass is 389 g/mol. The lowest BCUT2D eigenvalue weighted by molar-refractivity contribution is -0.141. The number of nitrogens with one attached hydrogen (secondary N) is 1. The summed E-state index contributed by atoms with van der Waals surface area (Å²) in [4.78, 5) is 25.1. The normalized spacial score (nSPS) is 13.6. The fourth-order valence-corrected chi connectivity index (χ4v) is 3.82. The number of aromatic nitrogens is 2. The highest BCUT2D eigenvalue weighted by atomic mass is 16.5. The lowest BCUT2D eigenvalue weighted by atomic mass is 10.0. The summed E-state index contributed by atoms with van der Waals surface area (Å²) in [6.45, 7) is 0. The van der Waals surface area contributed by atoms with E-state index in [1.165, 1.54) is 7.11 Å². The summed E-state index contributed by atoms with van der Waals surface area (Å²) < 4.78 is 6.69. The molecule has 6 heteroatoms. The Morgan fingerprint density at radius 1 is 1.07 bits per heavy atom. The summed E-state index contributed by atoms with van der Waals surface area (Å²) in [6, 6.07) is 18.8. The maximum atomic E-state index is 13.2. The van der Waals surface area contributed by atoms with Gasteiger partial charge < -0.3 is 10.1 Å². The van der Waals surface area contributed by atoms with Crippen molar-refractivity contribution in [1.29, 1.82) is 0 Å². The van der Waals surface area contributed by atoms with Crippen LogP contribution < -0.4 is 5.32 Å². The average molecular weight is 389 g/mol. The largest absolute Gasteiger partial charge is 0.469 e. The summed E-state index contributed by atoms with van der Waals surface area (Å²) in [5.41, 5.74) is 4.32. The molecule has 0 spiro atoms. The molecule has 0 saturated heterocycles. The second kappa shape index (κ2) is 8.31. The van der Waals surface area contributed by atoms with Crippen LogP contribution in [0.1, 0.15) is 46.2 Å². The Hall–Kier alpha value is -3.41. The molecule has 0 fully saturated rings. The highest BCUT2D eigenvalue weighted by Crippen LogP contribution is 2.28.